The SMILES string of the molecule is C.C.C.C=C/C=C\C1=C(C)C(=C(CCC)CCC)c2ccc(C)cc2C(=C)C1. The highest BCUT2D eigenvalue weighted by Crippen LogP contribution is 2.42. The maximum absolute atomic E-state index is 4.42. The number of hydrogen-bond donors (Lipinski definition) is 0. The lowest BCUT2D eigenvalue weighted by Gasteiger charge is -2.18. The molecular weight excluding hydrogens is 336 g/mol. The van der Waals surface area contributed by atoms with E-state index in [1.807, 2.05) is 12.2 Å². The minimum Gasteiger partial charge on any atom is -0.0991 e. The Labute approximate surface area is 176 Å². The van der Waals surface area contributed by atoms with E-state index in [2.05, 4.69) is 65.1 Å². The van der Waals surface area contributed by atoms with Crippen molar-refractivity contribution in [3.8, 4) is 0 Å². The molecule has 0 fully saturated rings. The molecule has 1 aromatic rings. The Bertz CT molecular complexity index is 742. The molecule has 0 saturated carbocycles. The first-order valence-corrected chi connectivity index (χ1v) is 9.53. The van der Waals surface area contributed by atoms with Crippen molar-refractivity contribution in [1.82, 2.24) is 0 Å². The molecule has 0 bridgehead atoms. The maximum atomic E-state index is 4.42. The van der Waals surface area contributed by atoms with Gasteiger partial charge in [0.05, 0.1) is 0 Å². The highest BCUT2D eigenvalue weighted by Gasteiger charge is 2.21. The Balaban J connectivity index is 0. The highest BCUT2D eigenvalue weighted by atomic mass is 14.3. The molecule has 0 heteroatoms. The summed E-state index contributed by atoms with van der Waals surface area (Å²) in [6, 6.07) is 6.85. The van der Waals surface area contributed by atoms with Crippen LogP contribution in [0.1, 0.15) is 91.8 Å². The van der Waals surface area contributed by atoms with Gasteiger partial charge in [0, 0.05) is 0 Å². The molecule has 0 radical (unpaired) electrons. The minimum atomic E-state index is 0. The highest BCUT2D eigenvalue weighted by molar-refractivity contribution is 5.91. The van der Waals surface area contributed by atoms with E-state index in [-0.39, 0.29) is 22.3 Å². The quantitative estimate of drug-likeness (QED) is 0.431. The van der Waals surface area contributed by atoms with Crippen LogP contribution in [0.3, 0.4) is 0 Å². The first kappa shape index (κ1) is 28.1. The Morgan fingerprint density at radius 1 is 1.00 bits per heavy atom. The molecule has 0 unspecified atom stereocenters. The van der Waals surface area contributed by atoms with E-state index in [4.69, 9.17) is 0 Å². The van der Waals surface area contributed by atoms with Gasteiger partial charge in [-0.2, -0.15) is 0 Å². The van der Waals surface area contributed by atoms with Crippen molar-refractivity contribution in [2.24, 2.45) is 0 Å². The lowest BCUT2D eigenvalue weighted by molar-refractivity contribution is 0.805. The van der Waals surface area contributed by atoms with E-state index in [0.29, 0.717) is 0 Å². The van der Waals surface area contributed by atoms with E-state index in [0.717, 1.165) is 6.42 Å². The van der Waals surface area contributed by atoms with Crippen LogP contribution >= 0.6 is 0 Å². The van der Waals surface area contributed by atoms with Crippen LogP contribution in [0.4, 0.5) is 0 Å². The van der Waals surface area contributed by atoms with Crippen molar-refractivity contribution in [3.63, 3.8) is 0 Å². The molecule has 156 valence electrons. The fourth-order valence-electron chi connectivity index (χ4n) is 3.79. The molecule has 1 aliphatic carbocycles. The van der Waals surface area contributed by atoms with Crippen molar-refractivity contribution in [1.29, 1.82) is 0 Å². The molecule has 0 atom stereocenters. The van der Waals surface area contributed by atoms with Gasteiger partial charge in [-0.05, 0) is 66.5 Å². The predicted molar refractivity (Wildman–Crippen MR) is 134 cm³/mol. The van der Waals surface area contributed by atoms with Crippen molar-refractivity contribution >= 4 is 11.1 Å². The third-order valence-electron chi connectivity index (χ3n) is 4.98. The first-order valence-electron chi connectivity index (χ1n) is 9.53. The standard InChI is InChI=1S/C25H32.3CH4/c1-7-10-13-22-17-19(5)24-16-18(4)14-15-23(24)25(20(22)6)21(11-8-2)12-9-3;;;/h7,10,13-16H,1,5,8-9,11-12,17H2,2-4,6H3;3*1H4/b13-10-;;;. The summed E-state index contributed by atoms with van der Waals surface area (Å²) in [4.78, 5) is 0. The second kappa shape index (κ2) is 13.2. The van der Waals surface area contributed by atoms with Gasteiger partial charge < -0.3 is 0 Å². The number of hydrogen-bond acceptors (Lipinski definition) is 0. The fourth-order valence-corrected chi connectivity index (χ4v) is 3.79. The van der Waals surface area contributed by atoms with Gasteiger partial charge >= 0.3 is 0 Å². The summed E-state index contributed by atoms with van der Waals surface area (Å²) in [5.74, 6) is 0. The number of allylic oxidation sites excluding steroid dienone is 8. The largest absolute Gasteiger partial charge is 0.0991 e. The number of benzene rings is 1. The first-order chi connectivity index (χ1) is 12.0. The van der Waals surface area contributed by atoms with Crippen molar-refractivity contribution in [3.05, 3.63) is 83.0 Å². The molecule has 0 heterocycles. The summed E-state index contributed by atoms with van der Waals surface area (Å²) in [6.07, 6.45) is 11.7. The molecule has 0 spiro atoms. The molecule has 1 aliphatic rings. The van der Waals surface area contributed by atoms with Crippen molar-refractivity contribution < 1.29 is 0 Å². The summed E-state index contributed by atoms with van der Waals surface area (Å²) < 4.78 is 0. The van der Waals surface area contributed by atoms with E-state index < -0.39 is 0 Å². The van der Waals surface area contributed by atoms with Crippen LogP contribution in [-0.2, 0) is 0 Å². The predicted octanol–water partition coefficient (Wildman–Crippen LogP) is 9.73. The van der Waals surface area contributed by atoms with Gasteiger partial charge in [0.15, 0.2) is 0 Å². The lowest BCUT2D eigenvalue weighted by atomic mass is 9.86. The van der Waals surface area contributed by atoms with Crippen LogP contribution in [0.25, 0.3) is 11.1 Å². The molecule has 0 amide bonds. The van der Waals surface area contributed by atoms with Gasteiger partial charge in [-0.3, -0.25) is 0 Å². The molecule has 0 N–H and O–H groups in total. The Morgan fingerprint density at radius 3 is 2.14 bits per heavy atom. The van der Waals surface area contributed by atoms with Gasteiger partial charge in [-0.1, -0.05) is 110 Å². The van der Waals surface area contributed by atoms with E-state index in [9.17, 15) is 0 Å². The van der Waals surface area contributed by atoms with Gasteiger partial charge in [0.25, 0.3) is 0 Å². The second-order valence-corrected chi connectivity index (χ2v) is 7.05. The van der Waals surface area contributed by atoms with Gasteiger partial charge in [-0.15, -0.1) is 0 Å². The van der Waals surface area contributed by atoms with Crippen molar-refractivity contribution in [2.75, 3.05) is 0 Å². The summed E-state index contributed by atoms with van der Waals surface area (Å²) in [7, 11) is 0. The van der Waals surface area contributed by atoms with Gasteiger partial charge in [0.1, 0.15) is 0 Å². The topological polar surface area (TPSA) is 0 Å². The smallest absolute Gasteiger partial charge is 0.00226 e. The maximum Gasteiger partial charge on any atom is -0.00226 e. The summed E-state index contributed by atoms with van der Waals surface area (Å²) in [5.41, 5.74) is 11.0. The molecule has 0 aliphatic heterocycles. The average molecular weight is 381 g/mol. The molecule has 2 rings (SSSR count). The van der Waals surface area contributed by atoms with Gasteiger partial charge in [0.2, 0.25) is 0 Å². The average Bonchev–Trinajstić information content (AvgIpc) is 2.68. The summed E-state index contributed by atoms with van der Waals surface area (Å²) in [6.45, 7) is 17.3. The molecule has 1 aromatic carbocycles. The molecule has 28 heavy (non-hydrogen) atoms. The van der Waals surface area contributed by atoms with Crippen LogP contribution in [0.15, 0.2) is 66.3 Å². The van der Waals surface area contributed by atoms with E-state index in [1.165, 1.54) is 64.7 Å². The second-order valence-electron chi connectivity index (χ2n) is 7.05. The Morgan fingerprint density at radius 2 is 1.61 bits per heavy atom. The molecule has 0 aromatic heterocycles. The molecule has 0 nitrogen and oxygen atoms in total. The van der Waals surface area contributed by atoms with Crippen LogP contribution in [0.2, 0.25) is 0 Å². The normalized spacial score (nSPS) is 13.1. The zero-order valence-corrected chi connectivity index (χ0v) is 16.4. The molecular formula is C28H44. The fraction of sp³-hybridized carbons (Fsp3) is 0.429. The van der Waals surface area contributed by atoms with Crippen LogP contribution in [-0.4, -0.2) is 0 Å². The van der Waals surface area contributed by atoms with Crippen LogP contribution in [0.5, 0.6) is 0 Å². The number of rotatable bonds is 6. The van der Waals surface area contributed by atoms with Crippen molar-refractivity contribution in [2.45, 2.75) is 82.1 Å². The Hall–Kier alpha value is -2.08. The Kier molecular flexibility index (Phi) is 13.2. The zero-order valence-electron chi connectivity index (χ0n) is 16.4. The molecule has 0 saturated heterocycles. The monoisotopic (exact) mass is 380 g/mol. The summed E-state index contributed by atoms with van der Waals surface area (Å²) in [5, 5.41) is 0. The third kappa shape index (κ3) is 6.23. The van der Waals surface area contributed by atoms with Crippen LogP contribution in [0, 0.1) is 6.92 Å². The van der Waals surface area contributed by atoms with Crippen LogP contribution < -0.4 is 0 Å². The third-order valence-corrected chi connectivity index (χ3v) is 4.98. The lowest BCUT2D eigenvalue weighted by Crippen LogP contribution is -1.98. The van der Waals surface area contributed by atoms with E-state index >= 15 is 0 Å². The summed E-state index contributed by atoms with van der Waals surface area (Å²) >= 11 is 0. The zero-order chi connectivity index (χ0) is 18.4. The number of aryl methyl sites for hydroxylation is 1. The number of fused-ring (bicyclic) bond motifs is 1. The van der Waals surface area contributed by atoms with Gasteiger partial charge in [-0.25, -0.2) is 0 Å². The minimum absolute atomic E-state index is 0. The van der Waals surface area contributed by atoms with E-state index in [1.54, 1.807) is 5.57 Å².